The number of aryl methyl sites for hydroxylation is 1. The van der Waals surface area contributed by atoms with Crippen molar-refractivity contribution in [3.63, 3.8) is 0 Å². The number of amides is 3. The summed E-state index contributed by atoms with van der Waals surface area (Å²) in [7, 11) is 1.75. The van der Waals surface area contributed by atoms with Crippen molar-refractivity contribution in [3.05, 3.63) is 47.8 Å². The number of anilines is 2. The van der Waals surface area contributed by atoms with Crippen molar-refractivity contribution < 1.29 is 23.9 Å². The van der Waals surface area contributed by atoms with E-state index in [1.54, 1.807) is 68.9 Å². The first-order valence-electron chi connectivity index (χ1n) is 11.3. The van der Waals surface area contributed by atoms with Gasteiger partial charge in [0.2, 0.25) is 0 Å². The molecule has 10 nitrogen and oxygen atoms in total. The van der Waals surface area contributed by atoms with E-state index in [4.69, 9.17) is 9.47 Å². The number of carbonyl (C=O) groups excluding carboxylic acids is 3. The van der Waals surface area contributed by atoms with Gasteiger partial charge in [-0.1, -0.05) is 0 Å². The molecule has 0 radical (unpaired) electrons. The second-order valence-electron chi connectivity index (χ2n) is 9.09. The number of hydrogen-bond donors (Lipinski definition) is 3. The third-order valence-electron chi connectivity index (χ3n) is 5.11. The van der Waals surface area contributed by atoms with E-state index in [1.165, 1.54) is 0 Å². The smallest absolute Gasteiger partial charge is 0.412 e. The average Bonchev–Trinajstić information content (AvgIpc) is 3.13. The first-order chi connectivity index (χ1) is 16.1. The zero-order valence-electron chi connectivity index (χ0n) is 20.1. The third kappa shape index (κ3) is 7.60. The van der Waals surface area contributed by atoms with E-state index in [0.29, 0.717) is 29.2 Å². The Bertz CT molecular complexity index is 1000. The third-order valence-corrected chi connectivity index (χ3v) is 5.11. The lowest BCUT2D eigenvalue weighted by Crippen LogP contribution is -2.41. The van der Waals surface area contributed by atoms with Crippen LogP contribution in [-0.4, -0.2) is 72.4 Å². The van der Waals surface area contributed by atoms with E-state index in [1.807, 2.05) is 0 Å². The molecule has 1 aromatic carbocycles. The van der Waals surface area contributed by atoms with Crippen molar-refractivity contribution in [1.82, 2.24) is 14.8 Å². The summed E-state index contributed by atoms with van der Waals surface area (Å²) in [6.45, 7) is 9.83. The number of morpholine rings is 1. The lowest BCUT2D eigenvalue weighted by Gasteiger charge is -2.26. The minimum Gasteiger partial charge on any atom is -0.444 e. The molecule has 2 heterocycles. The molecule has 0 aliphatic carbocycles. The summed E-state index contributed by atoms with van der Waals surface area (Å²) >= 11 is 0. The molecule has 1 aliphatic rings. The Labute approximate surface area is 199 Å². The topological polar surface area (TPSA) is 114 Å². The van der Waals surface area contributed by atoms with Crippen molar-refractivity contribution in [3.8, 4) is 0 Å². The second kappa shape index (κ2) is 11.2. The molecule has 0 spiro atoms. The maximum atomic E-state index is 12.6. The molecular weight excluding hydrogens is 438 g/mol. The van der Waals surface area contributed by atoms with Gasteiger partial charge < -0.3 is 24.7 Å². The first kappa shape index (κ1) is 25.3. The normalized spacial score (nSPS) is 14.4. The number of rotatable bonds is 7. The van der Waals surface area contributed by atoms with Gasteiger partial charge in [-0.3, -0.25) is 19.8 Å². The number of nitrogens with one attached hydrogen (secondary N) is 3. The molecule has 3 rings (SSSR count). The minimum absolute atomic E-state index is 0.200. The molecule has 184 valence electrons. The summed E-state index contributed by atoms with van der Waals surface area (Å²) < 4.78 is 12.2. The van der Waals surface area contributed by atoms with E-state index >= 15 is 0 Å². The van der Waals surface area contributed by atoms with Gasteiger partial charge in [-0.05, 0) is 51.1 Å². The Kier molecular flexibility index (Phi) is 8.30. The number of hydrogen-bond acceptors (Lipinski definition) is 6. The molecule has 1 aliphatic heterocycles. The SMILES string of the molecule is Cn1cc(NC(=O)c2ccc(NC(=O)OC(C)(C)C)cc2)cc1C(=O)NCCN1CCOCC1. The van der Waals surface area contributed by atoms with Crippen LogP contribution in [0.15, 0.2) is 36.5 Å². The summed E-state index contributed by atoms with van der Waals surface area (Å²) in [6.07, 6.45) is 1.12. The number of benzene rings is 1. The van der Waals surface area contributed by atoms with Gasteiger partial charge in [-0.25, -0.2) is 4.79 Å². The largest absolute Gasteiger partial charge is 0.444 e. The van der Waals surface area contributed by atoms with Gasteiger partial charge in [0, 0.05) is 50.7 Å². The van der Waals surface area contributed by atoms with Crippen LogP contribution in [0.4, 0.5) is 16.2 Å². The average molecular weight is 472 g/mol. The summed E-state index contributed by atoms with van der Waals surface area (Å²) in [4.78, 5) is 39.3. The number of aromatic nitrogens is 1. The summed E-state index contributed by atoms with van der Waals surface area (Å²) in [6, 6.07) is 8.09. The van der Waals surface area contributed by atoms with Gasteiger partial charge in [0.15, 0.2) is 0 Å². The predicted octanol–water partition coefficient (Wildman–Crippen LogP) is 2.69. The zero-order chi connectivity index (χ0) is 24.7. The quantitative estimate of drug-likeness (QED) is 0.572. The molecule has 2 aromatic rings. The zero-order valence-corrected chi connectivity index (χ0v) is 20.1. The Morgan fingerprint density at radius 3 is 2.32 bits per heavy atom. The van der Waals surface area contributed by atoms with E-state index in [-0.39, 0.29) is 11.8 Å². The van der Waals surface area contributed by atoms with Crippen molar-refractivity contribution in [2.75, 3.05) is 50.0 Å². The Hall–Kier alpha value is -3.37. The number of carbonyl (C=O) groups is 3. The lowest BCUT2D eigenvalue weighted by atomic mass is 10.2. The summed E-state index contributed by atoms with van der Waals surface area (Å²) in [5.74, 6) is -0.525. The molecule has 0 atom stereocenters. The highest BCUT2D eigenvalue weighted by molar-refractivity contribution is 6.05. The fourth-order valence-corrected chi connectivity index (χ4v) is 3.43. The number of nitrogens with zero attached hydrogens (tertiary/aromatic N) is 2. The fraction of sp³-hybridized carbons (Fsp3) is 0.458. The Morgan fingerprint density at radius 2 is 1.68 bits per heavy atom. The van der Waals surface area contributed by atoms with Crippen molar-refractivity contribution >= 4 is 29.3 Å². The van der Waals surface area contributed by atoms with E-state index < -0.39 is 11.7 Å². The van der Waals surface area contributed by atoms with Crippen LogP contribution < -0.4 is 16.0 Å². The highest BCUT2D eigenvalue weighted by atomic mass is 16.6. The van der Waals surface area contributed by atoms with Gasteiger partial charge >= 0.3 is 6.09 Å². The molecule has 0 saturated carbocycles. The maximum Gasteiger partial charge on any atom is 0.412 e. The molecule has 3 N–H and O–H groups in total. The van der Waals surface area contributed by atoms with E-state index in [9.17, 15) is 14.4 Å². The molecule has 1 saturated heterocycles. The number of ether oxygens (including phenoxy) is 2. The van der Waals surface area contributed by atoms with Crippen LogP contribution in [0, 0.1) is 0 Å². The minimum atomic E-state index is -0.599. The molecule has 0 bridgehead atoms. The molecule has 34 heavy (non-hydrogen) atoms. The van der Waals surface area contributed by atoms with Gasteiger partial charge in [0.25, 0.3) is 11.8 Å². The Morgan fingerprint density at radius 1 is 1.00 bits per heavy atom. The standard InChI is InChI=1S/C24H33N5O5/c1-24(2,3)34-23(32)27-18-7-5-17(6-8-18)21(30)26-19-15-20(28(4)16-19)22(31)25-9-10-29-11-13-33-14-12-29/h5-8,15-16H,9-14H2,1-4H3,(H,25,31)(H,26,30)(H,27,32). The van der Waals surface area contributed by atoms with Crippen molar-refractivity contribution in [2.45, 2.75) is 26.4 Å². The van der Waals surface area contributed by atoms with Crippen LogP contribution >= 0.6 is 0 Å². The van der Waals surface area contributed by atoms with E-state index in [2.05, 4.69) is 20.9 Å². The van der Waals surface area contributed by atoms with Gasteiger partial charge in [0.1, 0.15) is 11.3 Å². The lowest BCUT2D eigenvalue weighted by molar-refractivity contribution is 0.0383. The monoisotopic (exact) mass is 471 g/mol. The van der Waals surface area contributed by atoms with Crippen molar-refractivity contribution in [1.29, 1.82) is 0 Å². The summed E-state index contributed by atoms with van der Waals surface area (Å²) in [5.41, 5.74) is 1.30. The van der Waals surface area contributed by atoms with Crippen molar-refractivity contribution in [2.24, 2.45) is 7.05 Å². The second-order valence-corrected chi connectivity index (χ2v) is 9.09. The molecular formula is C24H33N5O5. The van der Waals surface area contributed by atoms with Crippen LogP contribution in [0.2, 0.25) is 0 Å². The van der Waals surface area contributed by atoms with E-state index in [0.717, 1.165) is 32.8 Å². The molecule has 10 heteroatoms. The van der Waals surface area contributed by atoms with Crippen LogP contribution in [0.1, 0.15) is 41.6 Å². The highest BCUT2D eigenvalue weighted by Crippen LogP contribution is 2.17. The molecule has 1 fully saturated rings. The summed E-state index contributed by atoms with van der Waals surface area (Å²) in [5, 5.41) is 8.35. The van der Waals surface area contributed by atoms with Crippen LogP contribution in [0.5, 0.6) is 0 Å². The predicted molar refractivity (Wildman–Crippen MR) is 129 cm³/mol. The highest BCUT2D eigenvalue weighted by Gasteiger charge is 2.17. The fourth-order valence-electron chi connectivity index (χ4n) is 3.43. The maximum absolute atomic E-state index is 12.6. The van der Waals surface area contributed by atoms with Gasteiger partial charge in [-0.15, -0.1) is 0 Å². The van der Waals surface area contributed by atoms with Gasteiger partial charge in [0.05, 0.1) is 18.9 Å². The van der Waals surface area contributed by atoms with Crippen LogP contribution in [0.3, 0.4) is 0 Å². The molecule has 0 unspecified atom stereocenters. The van der Waals surface area contributed by atoms with Gasteiger partial charge in [-0.2, -0.15) is 0 Å². The first-order valence-corrected chi connectivity index (χ1v) is 11.3. The Balaban J connectivity index is 1.51. The molecule has 3 amide bonds. The van der Waals surface area contributed by atoms with Crippen LogP contribution in [0.25, 0.3) is 0 Å². The molecule has 1 aromatic heterocycles. The van der Waals surface area contributed by atoms with Crippen LogP contribution in [-0.2, 0) is 16.5 Å².